The molecule has 106 valence electrons. The number of aromatic nitrogens is 2. The molecule has 2 aromatic rings. The van der Waals surface area contributed by atoms with Gasteiger partial charge in [0.25, 0.3) is 0 Å². The largest absolute Gasteiger partial charge is 0.337 e. The van der Waals surface area contributed by atoms with E-state index in [4.69, 9.17) is 10.3 Å². The normalized spacial score (nSPS) is 18.1. The first kappa shape index (κ1) is 13.2. The van der Waals surface area contributed by atoms with Crippen molar-refractivity contribution >= 4 is 0 Å². The Balaban J connectivity index is 1.93. The van der Waals surface area contributed by atoms with Crippen molar-refractivity contribution in [2.45, 2.75) is 44.6 Å². The minimum absolute atomic E-state index is 0.300. The summed E-state index contributed by atoms with van der Waals surface area (Å²) in [5.74, 6) is 0.568. The highest BCUT2D eigenvalue weighted by Gasteiger charge is 2.35. The zero-order valence-electron chi connectivity index (χ0n) is 11.5. The molecule has 0 amide bonds. The summed E-state index contributed by atoms with van der Waals surface area (Å²) in [4.78, 5) is 4.39. The number of nitrogens with two attached hydrogens (primary N) is 1. The van der Waals surface area contributed by atoms with Gasteiger partial charge in [0, 0.05) is 5.56 Å². The molecule has 1 aliphatic carbocycles. The van der Waals surface area contributed by atoms with Gasteiger partial charge >= 0.3 is 0 Å². The van der Waals surface area contributed by atoms with Crippen LogP contribution in [0.2, 0.25) is 0 Å². The van der Waals surface area contributed by atoms with Crippen molar-refractivity contribution in [2.24, 2.45) is 5.73 Å². The van der Waals surface area contributed by atoms with Crippen molar-refractivity contribution in [3.8, 4) is 11.4 Å². The Morgan fingerprint density at radius 2 is 1.95 bits per heavy atom. The molecule has 1 aliphatic rings. The van der Waals surface area contributed by atoms with Crippen molar-refractivity contribution in [2.75, 3.05) is 0 Å². The molecule has 3 rings (SSSR count). The van der Waals surface area contributed by atoms with Crippen LogP contribution in [0.5, 0.6) is 0 Å². The number of hydrogen-bond acceptors (Lipinski definition) is 4. The van der Waals surface area contributed by atoms with Crippen LogP contribution in [-0.4, -0.2) is 10.1 Å². The number of rotatable bonds is 2. The van der Waals surface area contributed by atoms with Gasteiger partial charge in [-0.15, -0.1) is 0 Å². The quantitative estimate of drug-likeness (QED) is 0.913. The smallest absolute Gasteiger partial charge is 0.247 e. The number of halogens is 1. The van der Waals surface area contributed by atoms with Crippen molar-refractivity contribution < 1.29 is 8.91 Å². The maximum absolute atomic E-state index is 13.4. The molecule has 0 bridgehead atoms. The molecular formula is C15H18FN3O. The molecule has 20 heavy (non-hydrogen) atoms. The van der Waals surface area contributed by atoms with E-state index < -0.39 is 5.54 Å². The summed E-state index contributed by atoms with van der Waals surface area (Å²) in [5.41, 5.74) is 7.29. The first-order valence-corrected chi connectivity index (χ1v) is 6.97. The van der Waals surface area contributed by atoms with Crippen molar-refractivity contribution in [3.63, 3.8) is 0 Å². The van der Waals surface area contributed by atoms with Gasteiger partial charge in [-0.2, -0.15) is 4.98 Å². The Kier molecular flexibility index (Phi) is 3.30. The maximum atomic E-state index is 13.4. The number of hydrogen-bond donors (Lipinski definition) is 1. The standard InChI is InChI=1S/C15H18FN3O/c1-10-7-11(9-12(16)8-10)13-18-14(20-19-13)15(17)5-3-2-4-6-15/h7-9H,2-6,17H2,1H3. The lowest BCUT2D eigenvalue weighted by Gasteiger charge is -2.29. The van der Waals surface area contributed by atoms with E-state index in [1.165, 1.54) is 18.6 Å². The molecule has 5 heteroatoms. The Hall–Kier alpha value is -1.75. The van der Waals surface area contributed by atoms with Crippen LogP contribution in [-0.2, 0) is 5.54 Å². The second-order valence-electron chi connectivity index (χ2n) is 5.66. The topological polar surface area (TPSA) is 64.9 Å². The molecule has 0 saturated heterocycles. The molecule has 1 aromatic carbocycles. The number of nitrogens with zero attached hydrogens (tertiary/aromatic N) is 2. The third-order valence-electron chi connectivity index (χ3n) is 3.90. The van der Waals surface area contributed by atoms with E-state index in [2.05, 4.69) is 10.1 Å². The van der Waals surface area contributed by atoms with E-state index in [0.29, 0.717) is 17.3 Å². The number of benzene rings is 1. The van der Waals surface area contributed by atoms with E-state index in [1.807, 2.05) is 13.0 Å². The van der Waals surface area contributed by atoms with Crippen LogP contribution < -0.4 is 5.73 Å². The van der Waals surface area contributed by atoms with Gasteiger partial charge in [0.15, 0.2) is 0 Å². The highest BCUT2D eigenvalue weighted by Crippen LogP contribution is 2.34. The van der Waals surface area contributed by atoms with E-state index in [9.17, 15) is 4.39 Å². The van der Waals surface area contributed by atoms with Gasteiger partial charge in [0.2, 0.25) is 11.7 Å². The zero-order valence-corrected chi connectivity index (χ0v) is 11.5. The molecule has 0 radical (unpaired) electrons. The monoisotopic (exact) mass is 275 g/mol. The van der Waals surface area contributed by atoms with E-state index in [-0.39, 0.29) is 5.82 Å². The maximum Gasteiger partial charge on any atom is 0.247 e. The Bertz CT molecular complexity index is 597. The van der Waals surface area contributed by atoms with E-state index >= 15 is 0 Å². The van der Waals surface area contributed by atoms with Crippen LogP contribution in [0.3, 0.4) is 0 Å². The highest BCUT2D eigenvalue weighted by atomic mass is 19.1. The van der Waals surface area contributed by atoms with Gasteiger partial charge in [-0.05, 0) is 43.5 Å². The summed E-state index contributed by atoms with van der Waals surface area (Å²) in [6.45, 7) is 1.83. The molecule has 2 N–H and O–H groups in total. The summed E-state index contributed by atoms with van der Waals surface area (Å²) in [7, 11) is 0. The molecule has 1 heterocycles. The van der Waals surface area contributed by atoms with Crippen molar-refractivity contribution in [1.29, 1.82) is 0 Å². The molecule has 0 spiro atoms. The Morgan fingerprint density at radius 1 is 1.20 bits per heavy atom. The molecule has 0 aliphatic heterocycles. The van der Waals surface area contributed by atoms with Gasteiger partial charge in [-0.25, -0.2) is 4.39 Å². The fourth-order valence-corrected chi connectivity index (χ4v) is 2.80. The summed E-state index contributed by atoms with van der Waals surface area (Å²) in [6.07, 6.45) is 5.07. The summed E-state index contributed by atoms with van der Waals surface area (Å²) < 4.78 is 18.8. The van der Waals surface area contributed by atoms with Crippen LogP contribution >= 0.6 is 0 Å². The first-order valence-electron chi connectivity index (χ1n) is 6.97. The minimum atomic E-state index is -0.522. The zero-order chi connectivity index (χ0) is 14.2. The highest BCUT2D eigenvalue weighted by molar-refractivity contribution is 5.55. The molecule has 1 fully saturated rings. The van der Waals surface area contributed by atoms with Crippen LogP contribution in [0, 0.1) is 12.7 Å². The predicted molar refractivity (Wildman–Crippen MR) is 73.4 cm³/mol. The lowest BCUT2D eigenvalue weighted by atomic mass is 9.82. The molecule has 0 atom stereocenters. The van der Waals surface area contributed by atoms with Gasteiger partial charge < -0.3 is 10.3 Å². The second-order valence-corrected chi connectivity index (χ2v) is 5.66. The predicted octanol–water partition coefficient (Wildman–Crippen LogP) is 3.30. The lowest BCUT2D eigenvalue weighted by Crippen LogP contribution is -2.38. The molecular weight excluding hydrogens is 257 g/mol. The summed E-state index contributed by atoms with van der Waals surface area (Å²) >= 11 is 0. The Morgan fingerprint density at radius 3 is 2.65 bits per heavy atom. The minimum Gasteiger partial charge on any atom is -0.337 e. The Labute approximate surface area is 117 Å². The van der Waals surface area contributed by atoms with Gasteiger partial charge in [0.1, 0.15) is 5.82 Å². The average Bonchev–Trinajstić information content (AvgIpc) is 2.89. The molecule has 1 saturated carbocycles. The van der Waals surface area contributed by atoms with Crippen LogP contribution in [0.15, 0.2) is 22.7 Å². The third kappa shape index (κ3) is 2.45. The fraction of sp³-hybridized carbons (Fsp3) is 0.467. The van der Waals surface area contributed by atoms with Crippen molar-refractivity contribution in [1.82, 2.24) is 10.1 Å². The fourth-order valence-electron chi connectivity index (χ4n) is 2.80. The second kappa shape index (κ2) is 4.98. The molecule has 1 aromatic heterocycles. The van der Waals surface area contributed by atoms with Gasteiger partial charge in [0.05, 0.1) is 5.54 Å². The summed E-state index contributed by atoms with van der Waals surface area (Å²) in [6, 6.07) is 4.71. The van der Waals surface area contributed by atoms with Gasteiger partial charge in [-0.1, -0.05) is 24.4 Å². The lowest BCUT2D eigenvalue weighted by molar-refractivity contribution is 0.220. The first-order chi connectivity index (χ1) is 9.57. The van der Waals surface area contributed by atoms with Crippen molar-refractivity contribution in [3.05, 3.63) is 35.5 Å². The molecule has 0 unspecified atom stereocenters. The van der Waals surface area contributed by atoms with Crippen LogP contribution in [0.25, 0.3) is 11.4 Å². The van der Waals surface area contributed by atoms with Gasteiger partial charge in [-0.3, -0.25) is 0 Å². The SMILES string of the molecule is Cc1cc(F)cc(-c2noc(C3(N)CCCCC3)n2)c1. The van der Waals surface area contributed by atoms with E-state index in [0.717, 1.165) is 31.2 Å². The summed E-state index contributed by atoms with van der Waals surface area (Å²) in [5, 5.41) is 3.96. The average molecular weight is 275 g/mol. The van der Waals surface area contributed by atoms with Crippen LogP contribution in [0.1, 0.15) is 43.6 Å². The van der Waals surface area contributed by atoms with E-state index in [1.54, 1.807) is 0 Å². The third-order valence-corrected chi connectivity index (χ3v) is 3.90. The van der Waals surface area contributed by atoms with Crippen LogP contribution in [0.4, 0.5) is 4.39 Å². The molecule has 4 nitrogen and oxygen atoms in total. The number of aryl methyl sites for hydroxylation is 1.